The zero-order valence-corrected chi connectivity index (χ0v) is 23.6. The number of likely N-dealkylation sites (tertiary alicyclic amines) is 1. The lowest BCUT2D eigenvalue weighted by Gasteiger charge is -2.42. The molecule has 2 aliphatic rings. The van der Waals surface area contributed by atoms with Crippen LogP contribution in [0, 0.1) is 11.8 Å². The van der Waals surface area contributed by atoms with E-state index in [2.05, 4.69) is 120 Å². The minimum Gasteiger partial charge on any atom is -0.335 e. The lowest BCUT2D eigenvalue weighted by Crippen LogP contribution is -2.45. The van der Waals surface area contributed by atoms with Gasteiger partial charge >= 0.3 is 0 Å². The van der Waals surface area contributed by atoms with Crippen LogP contribution in [0.1, 0.15) is 61.3 Å². The molecule has 2 aliphatic heterocycles. The fraction of sp³-hybridized carbons (Fsp3) is 0.371. The Morgan fingerprint density at radius 2 is 1.62 bits per heavy atom. The van der Waals surface area contributed by atoms with Crippen molar-refractivity contribution in [2.24, 2.45) is 11.8 Å². The van der Waals surface area contributed by atoms with Crippen molar-refractivity contribution in [2.45, 2.75) is 51.1 Å². The lowest BCUT2D eigenvalue weighted by atomic mass is 9.80. The summed E-state index contributed by atoms with van der Waals surface area (Å²) < 4.78 is 2.04. The van der Waals surface area contributed by atoms with Gasteiger partial charge in [0, 0.05) is 43.9 Å². The summed E-state index contributed by atoms with van der Waals surface area (Å²) in [6.45, 7) is 7.62. The van der Waals surface area contributed by atoms with Gasteiger partial charge in [-0.15, -0.1) is 0 Å². The van der Waals surface area contributed by atoms with E-state index in [9.17, 15) is 4.79 Å². The Morgan fingerprint density at radius 1 is 0.925 bits per heavy atom. The van der Waals surface area contributed by atoms with Crippen LogP contribution in [0.3, 0.4) is 0 Å². The molecule has 6 rings (SSSR count). The molecule has 0 spiro atoms. The molecule has 4 aromatic rings. The topological polar surface area (TPSA) is 50.2 Å². The summed E-state index contributed by atoms with van der Waals surface area (Å²) >= 11 is 0. The van der Waals surface area contributed by atoms with Crippen molar-refractivity contribution < 1.29 is 4.79 Å². The van der Waals surface area contributed by atoms with E-state index in [4.69, 9.17) is 0 Å². The van der Waals surface area contributed by atoms with Gasteiger partial charge < -0.3 is 10.2 Å². The first-order valence-electron chi connectivity index (χ1n) is 14.8. The molecule has 1 amide bonds. The van der Waals surface area contributed by atoms with Crippen molar-refractivity contribution in [3.63, 3.8) is 0 Å². The fourth-order valence-corrected chi connectivity index (χ4v) is 6.79. The molecule has 0 aliphatic carbocycles. The van der Waals surface area contributed by atoms with E-state index in [1.807, 2.05) is 10.9 Å². The summed E-state index contributed by atoms with van der Waals surface area (Å²) in [4.78, 5) is 16.7. The van der Waals surface area contributed by atoms with Gasteiger partial charge in [0.25, 0.3) is 0 Å². The molecule has 206 valence electrons. The summed E-state index contributed by atoms with van der Waals surface area (Å²) in [5, 5.41) is 8.20. The zero-order valence-electron chi connectivity index (χ0n) is 23.6. The van der Waals surface area contributed by atoms with Crippen LogP contribution in [0.5, 0.6) is 0 Å². The molecule has 2 saturated heterocycles. The van der Waals surface area contributed by atoms with Crippen molar-refractivity contribution >= 4 is 5.91 Å². The number of hydrogen-bond donors (Lipinski definition) is 1. The molecular formula is C35H40N4O. The molecule has 3 aromatic carbocycles. The first kappa shape index (κ1) is 26.5. The summed E-state index contributed by atoms with van der Waals surface area (Å²) in [7, 11) is 0. The van der Waals surface area contributed by atoms with Crippen molar-refractivity contribution in [3.8, 4) is 11.1 Å². The van der Waals surface area contributed by atoms with Crippen LogP contribution in [0.2, 0.25) is 0 Å². The van der Waals surface area contributed by atoms with Gasteiger partial charge in [-0.05, 0) is 46.9 Å². The number of amides is 1. The van der Waals surface area contributed by atoms with Gasteiger partial charge in [0.05, 0.1) is 18.2 Å². The molecule has 0 bridgehead atoms. The van der Waals surface area contributed by atoms with Gasteiger partial charge in [0.15, 0.2) is 0 Å². The number of piperidine rings is 1. The third-order valence-corrected chi connectivity index (χ3v) is 8.73. The fourth-order valence-electron chi connectivity index (χ4n) is 6.79. The quantitative estimate of drug-likeness (QED) is 0.290. The van der Waals surface area contributed by atoms with Crippen LogP contribution < -0.4 is 5.32 Å². The molecule has 5 nitrogen and oxygen atoms in total. The van der Waals surface area contributed by atoms with Crippen molar-refractivity contribution in [2.75, 3.05) is 19.6 Å². The van der Waals surface area contributed by atoms with E-state index in [0.29, 0.717) is 18.4 Å². The summed E-state index contributed by atoms with van der Waals surface area (Å²) in [6.07, 6.45) is 6.07. The van der Waals surface area contributed by atoms with Gasteiger partial charge in [0.1, 0.15) is 0 Å². The SMILES string of the molecule is CC(C)Cn1cc(-c2ccccc2[C@@H]2CNC[C@H]2C(=O)N2CC[C@H](c3ccccc3)C[C@@H]2c2ccccc2)cn1. The summed E-state index contributed by atoms with van der Waals surface area (Å²) in [5.41, 5.74) is 6.16. The van der Waals surface area contributed by atoms with E-state index < -0.39 is 0 Å². The number of rotatable bonds is 7. The summed E-state index contributed by atoms with van der Waals surface area (Å²) in [5.74, 6) is 1.30. The maximum Gasteiger partial charge on any atom is 0.228 e. The van der Waals surface area contributed by atoms with E-state index in [1.165, 1.54) is 22.3 Å². The molecule has 0 unspecified atom stereocenters. The molecule has 4 atom stereocenters. The van der Waals surface area contributed by atoms with E-state index in [1.54, 1.807) is 0 Å². The van der Waals surface area contributed by atoms with Crippen molar-refractivity contribution in [3.05, 3.63) is 114 Å². The molecule has 0 saturated carbocycles. The molecule has 1 aromatic heterocycles. The molecule has 40 heavy (non-hydrogen) atoms. The Balaban J connectivity index is 1.28. The molecule has 1 N–H and O–H groups in total. The highest BCUT2D eigenvalue weighted by atomic mass is 16.2. The van der Waals surface area contributed by atoms with Crippen LogP contribution in [-0.4, -0.2) is 40.2 Å². The van der Waals surface area contributed by atoms with Gasteiger partial charge in [-0.2, -0.15) is 5.10 Å². The third-order valence-electron chi connectivity index (χ3n) is 8.73. The standard InChI is InChI=1S/C35H40N4O/c1-25(2)23-38-24-29(20-37-38)30-15-9-10-16-31(30)32-21-36-22-33(32)35(40)39-18-17-28(26-11-5-3-6-12-26)19-34(39)27-13-7-4-8-14-27/h3-16,20,24-25,28,32-34,36H,17-19,21-23H2,1-2H3/t28-,32-,33+,34+/m0/s1. The van der Waals surface area contributed by atoms with Gasteiger partial charge in [-0.3, -0.25) is 9.48 Å². The minimum atomic E-state index is -0.0913. The zero-order chi connectivity index (χ0) is 27.5. The highest BCUT2D eigenvalue weighted by Gasteiger charge is 2.41. The Morgan fingerprint density at radius 3 is 2.38 bits per heavy atom. The second kappa shape index (κ2) is 11.8. The maximum atomic E-state index is 14.5. The Bertz CT molecular complexity index is 1410. The average Bonchev–Trinajstić information content (AvgIpc) is 3.67. The van der Waals surface area contributed by atoms with E-state index >= 15 is 0 Å². The Labute approximate surface area is 238 Å². The highest BCUT2D eigenvalue weighted by molar-refractivity contribution is 5.82. The Hall–Kier alpha value is -3.70. The maximum absolute atomic E-state index is 14.5. The van der Waals surface area contributed by atoms with Gasteiger partial charge in [-0.25, -0.2) is 0 Å². The van der Waals surface area contributed by atoms with Crippen LogP contribution in [0.4, 0.5) is 0 Å². The lowest BCUT2D eigenvalue weighted by molar-refractivity contribution is -0.139. The number of nitrogens with zero attached hydrogens (tertiary/aromatic N) is 3. The molecular weight excluding hydrogens is 492 g/mol. The second-order valence-electron chi connectivity index (χ2n) is 11.9. The van der Waals surface area contributed by atoms with Crippen LogP contribution in [0.15, 0.2) is 97.3 Å². The number of hydrogen-bond acceptors (Lipinski definition) is 3. The molecule has 5 heteroatoms. The van der Waals surface area contributed by atoms with E-state index in [-0.39, 0.29) is 23.8 Å². The first-order valence-corrected chi connectivity index (χ1v) is 14.8. The molecule has 3 heterocycles. The average molecular weight is 533 g/mol. The second-order valence-corrected chi connectivity index (χ2v) is 11.9. The predicted molar refractivity (Wildman–Crippen MR) is 161 cm³/mol. The normalized spacial score (nSPS) is 23.0. The van der Waals surface area contributed by atoms with Gasteiger partial charge in [0.2, 0.25) is 5.91 Å². The van der Waals surface area contributed by atoms with Crippen LogP contribution in [-0.2, 0) is 11.3 Å². The largest absolute Gasteiger partial charge is 0.335 e. The number of aromatic nitrogens is 2. The Kier molecular flexibility index (Phi) is 7.83. The molecule has 2 fully saturated rings. The van der Waals surface area contributed by atoms with Crippen molar-refractivity contribution in [1.29, 1.82) is 0 Å². The highest BCUT2D eigenvalue weighted by Crippen LogP contribution is 2.42. The number of carbonyl (C=O) groups is 1. The van der Waals surface area contributed by atoms with E-state index in [0.717, 1.165) is 38.0 Å². The third kappa shape index (κ3) is 5.48. The molecule has 0 radical (unpaired) electrons. The van der Waals surface area contributed by atoms with Crippen molar-refractivity contribution in [1.82, 2.24) is 20.0 Å². The smallest absolute Gasteiger partial charge is 0.228 e. The first-order chi connectivity index (χ1) is 19.6. The predicted octanol–water partition coefficient (Wildman–Crippen LogP) is 6.66. The monoisotopic (exact) mass is 532 g/mol. The number of benzene rings is 3. The minimum absolute atomic E-state index is 0.0819. The number of nitrogens with one attached hydrogen (secondary N) is 1. The van der Waals surface area contributed by atoms with Gasteiger partial charge in [-0.1, -0.05) is 98.8 Å². The number of carbonyl (C=O) groups excluding carboxylic acids is 1. The summed E-state index contributed by atoms with van der Waals surface area (Å²) in [6, 6.07) is 30.1. The van der Waals surface area contributed by atoms with Crippen LogP contribution in [0.25, 0.3) is 11.1 Å². The van der Waals surface area contributed by atoms with Crippen LogP contribution >= 0.6 is 0 Å².